The van der Waals surface area contributed by atoms with Gasteiger partial charge in [0, 0.05) is 10.2 Å². The van der Waals surface area contributed by atoms with Crippen LogP contribution in [0.25, 0.3) is 0 Å². The Balaban J connectivity index is 2.25. The molecule has 0 spiro atoms. The third kappa shape index (κ3) is 2.77. The zero-order chi connectivity index (χ0) is 12.4. The van der Waals surface area contributed by atoms with Crippen molar-refractivity contribution in [1.29, 1.82) is 0 Å². The predicted octanol–water partition coefficient (Wildman–Crippen LogP) is 3.79. The van der Waals surface area contributed by atoms with Crippen molar-refractivity contribution in [3.05, 3.63) is 46.1 Å². The van der Waals surface area contributed by atoms with E-state index in [4.69, 9.17) is 5.73 Å². The lowest BCUT2D eigenvalue weighted by Gasteiger charge is -2.09. The van der Waals surface area contributed by atoms with Crippen molar-refractivity contribution < 1.29 is 0 Å². The second-order valence-electron chi connectivity index (χ2n) is 3.96. The highest BCUT2D eigenvalue weighted by molar-refractivity contribution is 9.10. The highest BCUT2D eigenvalue weighted by Gasteiger charge is 2.01. The highest BCUT2D eigenvalue weighted by Crippen LogP contribution is 2.23. The van der Waals surface area contributed by atoms with E-state index in [1.54, 1.807) is 0 Å². The lowest BCUT2D eigenvalue weighted by atomic mass is 10.2. The molecule has 0 aliphatic heterocycles. The Labute approximate surface area is 109 Å². The number of aryl methyl sites for hydroxylation is 2. The maximum atomic E-state index is 5.73. The third-order valence-electron chi connectivity index (χ3n) is 2.56. The van der Waals surface area contributed by atoms with Crippen LogP contribution >= 0.6 is 15.9 Å². The first-order chi connectivity index (χ1) is 8.06. The molecule has 0 saturated heterocycles. The Morgan fingerprint density at radius 3 is 2.59 bits per heavy atom. The molecule has 0 saturated carbocycles. The van der Waals surface area contributed by atoms with Gasteiger partial charge in [0.25, 0.3) is 0 Å². The average Bonchev–Trinajstić information content (AvgIpc) is 2.29. The lowest BCUT2D eigenvalue weighted by Crippen LogP contribution is -1.98. The first-order valence-electron chi connectivity index (χ1n) is 5.32. The quantitative estimate of drug-likeness (QED) is 0.885. The number of nitrogens with one attached hydrogen (secondary N) is 1. The smallest absolute Gasteiger partial charge is 0.130 e. The van der Waals surface area contributed by atoms with Gasteiger partial charge in [0.1, 0.15) is 5.82 Å². The summed E-state index contributed by atoms with van der Waals surface area (Å²) in [4.78, 5) is 4.37. The van der Waals surface area contributed by atoms with Crippen LogP contribution in [0.5, 0.6) is 0 Å². The third-order valence-corrected chi connectivity index (χ3v) is 3.45. The van der Waals surface area contributed by atoms with Gasteiger partial charge in [0.2, 0.25) is 0 Å². The van der Waals surface area contributed by atoms with E-state index >= 15 is 0 Å². The standard InChI is InChI=1S/C13H14BrN3/c1-8-7-10(3-4-11(8)14)17-13-6-5-12(15)9(2)16-13/h3-7H,15H2,1-2H3,(H,16,17). The van der Waals surface area contributed by atoms with Crippen molar-refractivity contribution in [1.82, 2.24) is 4.98 Å². The molecular formula is C13H14BrN3. The molecule has 0 amide bonds. The molecule has 3 nitrogen and oxygen atoms in total. The van der Waals surface area contributed by atoms with Crippen molar-refractivity contribution in [2.24, 2.45) is 0 Å². The number of rotatable bonds is 2. The fraction of sp³-hybridized carbons (Fsp3) is 0.154. The number of nitrogens with zero attached hydrogens (tertiary/aromatic N) is 1. The maximum Gasteiger partial charge on any atom is 0.130 e. The van der Waals surface area contributed by atoms with Crippen molar-refractivity contribution in [2.45, 2.75) is 13.8 Å². The van der Waals surface area contributed by atoms with E-state index in [-0.39, 0.29) is 0 Å². The molecule has 2 rings (SSSR count). The molecule has 88 valence electrons. The summed E-state index contributed by atoms with van der Waals surface area (Å²) in [5.41, 5.74) is 9.48. The van der Waals surface area contributed by atoms with Crippen molar-refractivity contribution in [3.63, 3.8) is 0 Å². The summed E-state index contributed by atoms with van der Waals surface area (Å²) in [5.74, 6) is 0.804. The largest absolute Gasteiger partial charge is 0.397 e. The molecule has 0 unspecified atom stereocenters. The Morgan fingerprint density at radius 1 is 1.18 bits per heavy atom. The van der Waals surface area contributed by atoms with E-state index in [1.807, 2.05) is 31.2 Å². The maximum absolute atomic E-state index is 5.73. The van der Waals surface area contributed by atoms with Crippen LogP contribution in [0.1, 0.15) is 11.3 Å². The summed E-state index contributed by atoms with van der Waals surface area (Å²) in [6, 6.07) is 9.82. The van der Waals surface area contributed by atoms with Crippen molar-refractivity contribution >= 4 is 33.1 Å². The van der Waals surface area contributed by atoms with Crippen molar-refractivity contribution in [3.8, 4) is 0 Å². The number of hydrogen-bond donors (Lipinski definition) is 2. The van der Waals surface area contributed by atoms with Gasteiger partial charge in [0.15, 0.2) is 0 Å². The Bertz CT molecular complexity index is 503. The summed E-state index contributed by atoms with van der Waals surface area (Å²) in [5, 5.41) is 3.25. The number of halogens is 1. The van der Waals surface area contributed by atoms with Crippen LogP contribution in [-0.4, -0.2) is 4.98 Å². The molecule has 17 heavy (non-hydrogen) atoms. The van der Waals surface area contributed by atoms with Crippen LogP contribution in [0.4, 0.5) is 17.2 Å². The second-order valence-corrected chi connectivity index (χ2v) is 4.81. The number of nitrogens with two attached hydrogens (primary N) is 1. The summed E-state index contributed by atoms with van der Waals surface area (Å²) in [6.45, 7) is 3.95. The Morgan fingerprint density at radius 2 is 1.94 bits per heavy atom. The molecule has 0 radical (unpaired) electrons. The van der Waals surface area contributed by atoms with Gasteiger partial charge < -0.3 is 11.1 Å². The van der Waals surface area contributed by atoms with E-state index in [0.29, 0.717) is 5.69 Å². The van der Waals surface area contributed by atoms with Gasteiger partial charge in [-0.25, -0.2) is 4.98 Å². The number of benzene rings is 1. The second kappa shape index (κ2) is 4.75. The van der Waals surface area contributed by atoms with E-state index in [9.17, 15) is 0 Å². The zero-order valence-electron chi connectivity index (χ0n) is 9.79. The van der Waals surface area contributed by atoms with E-state index in [1.165, 1.54) is 5.56 Å². The van der Waals surface area contributed by atoms with Gasteiger partial charge in [-0.2, -0.15) is 0 Å². The molecule has 0 aliphatic rings. The van der Waals surface area contributed by atoms with Crippen LogP contribution in [0, 0.1) is 13.8 Å². The van der Waals surface area contributed by atoms with E-state index in [2.05, 4.69) is 39.2 Å². The molecular weight excluding hydrogens is 278 g/mol. The summed E-state index contributed by atoms with van der Waals surface area (Å²) < 4.78 is 1.10. The number of pyridine rings is 1. The van der Waals surface area contributed by atoms with Crippen LogP contribution in [0.3, 0.4) is 0 Å². The first kappa shape index (κ1) is 11.9. The molecule has 2 aromatic rings. The molecule has 0 aliphatic carbocycles. The molecule has 0 bridgehead atoms. The minimum Gasteiger partial charge on any atom is -0.397 e. The summed E-state index contributed by atoms with van der Waals surface area (Å²) >= 11 is 3.48. The number of anilines is 3. The first-order valence-corrected chi connectivity index (χ1v) is 6.12. The number of aromatic nitrogens is 1. The number of hydrogen-bond acceptors (Lipinski definition) is 3. The normalized spacial score (nSPS) is 10.3. The molecule has 3 N–H and O–H groups in total. The fourth-order valence-corrected chi connectivity index (χ4v) is 1.76. The molecule has 1 heterocycles. The molecule has 1 aromatic heterocycles. The van der Waals surface area contributed by atoms with Crippen LogP contribution in [0.15, 0.2) is 34.8 Å². The van der Waals surface area contributed by atoms with Gasteiger partial charge in [-0.15, -0.1) is 0 Å². The van der Waals surface area contributed by atoms with Gasteiger partial charge >= 0.3 is 0 Å². The molecule has 0 atom stereocenters. The van der Waals surface area contributed by atoms with Gasteiger partial charge in [-0.05, 0) is 49.7 Å². The molecule has 4 heteroatoms. The lowest BCUT2D eigenvalue weighted by molar-refractivity contribution is 1.20. The summed E-state index contributed by atoms with van der Waals surface area (Å²) in [6.07, 6.45) is 0. The minimum absolute atomic E-state index is 0.711. The SMILES string of the molecule is Cc1cc(Nc2ccc(N)c(C)n2)ccc1Br. The zero-order valence-corrected chi connectivity index (χ0v) is 11.4. The van der Waals surface area contributed by atoms with Crippen LogP contribution < -0.4 is 11.1 Å². The monoisotopic (exact) mass is 291 g/mol. The highest BCUT2D eigenvalue weighted by atomic mass is 79.9. The van der Waals surface area contributed by atoms with Gasteiger partial charge in [-0.3, -0.25) is 0 Å². The van der Waals surface area contributed by atoms with Gasteiger partial charge in [-0.1, -0.05) is 15.9 Å². The summed E-state index contributed by atoms with van der Waals surface area (Å²) in [7, 11) is 0. The average molecular weight is 292 g/mol. The van der Waals surface area contributed by atoms with Gasteiger partial charge in [0.05, 0.1) is 11.4 Å². The Hall–Kier alpha value is -1.55. The molecule has 1 aromatic carbocycles. The van der Waals surface area contributed by atoms with E-state index < -0.39 is 0 Å². The predicted molar refractivity (Wildman–Crippen MR) is 75.5 cm³/mol. The minimum atomic E-state index is 0.711. The van der Waals surface area contributed by atoms with Crippen LogP contribution in [0.2, 0.25) is 0 Å². The van der Waals surface area contributed by atoms with E-state index in [0.717, 1.165) is 21.7 Å². The molecule has 0 fully saturated rings. The Kier molecular flexibility index (Phi) is 3.33. The fourth-order valence-electron chi connectivity index (χ4n) is 1.51. The van der Waals surface area contributed by atoms with Crippen molar-refractivity contribution in [2.75, 3.05) is 11.1 Å². The number of nitrogen functional groups attached to an aromatic ring is 1. The van der Waals surface area contributed by atoms with Crippen LogP contribution in [-0.2, 0) is 0 Å². The topological polar surface area (TPSA) is 50.9 Å².